The van der Waals surface area contributed by atoms with E-state index in [9.17, 15) is 19.2 Å². The van der Waals surface area contributed by atoms with Crippen molar-refractivity contribution < 1.29 is 19.2 Å². The Morgan fingerprint density at radius 2 is 1.53 bits per heavy atom. The van der Waals surface area contributed by atoms with Crippen LogP contribution in [0.25, 0.3) is 0 Å². The maximum atomic E-state index is 13.1. The summed E-state index contributed by atoms with van der Waals surface area (Å²) in [4.78, 5) is 54.1. The first-order chi connectivity index (χ1) is 14.2. The van der Waals surface area contributed by atoms with Gasteiger partial charge in [-0.15, -0.1) is 0 Å². The molecule has 1 aliphatic rings. The molecule has 1 unspecified atom stereocenters. The number of carbonyl (C=O) groups excluding carboxylic acids is 4. The van der Waals surface area contributed by atoms with Gasteiger partial charge in [0.25, 0.3) is 11.8 Å². The highest BCUT2D eigenvalue weighted by Crippen LogP contribution is 2.25. The lowest BCUT2D eigenvalue weighted by Gasteiger charge is -2.29. The predicted octanol–water partition coefficient (Wildman–Crippen LogP) is 3.07. The summed E-state index contributed by atoms with van der Waals surface area (Å²) in [6.07, 6.45) is 0. The van der Waals surface area contributed by atoms with E-state index in [0.29, 0.717) is 5.69 Å². The van der Waals surface area contributed by atoms with Gasteiger partial charge in [0.15, 0.2) is 11.8 Å². The number of rotatable bonds is 6. The third kappa shape index (κ3) is 4.56. The summed E-state index contributed by atoms with van der Waals surface area (Å²) in [7, 11) is 0. The van der Waals surface area contributed by atoms with E-state index in [-0.39, 0.29) is 13.1 Å². The Morgan fingerprint density at radius 1 is 0.967 bits per heavy atom. The number of nitrogens with one attached hydrogen (secondary N) is 1. The van der Waals surface area contributed by atoms with Gasteiger partial charge in [0.2, 0.25) is 0 Å². The molecule has 3 rings (SSSR count). The number of benzene rings is 2. The van der Waals surface area contributed by atoms with E-state index in [4.69, 9.17) is 0 Å². The first kappa shape index (κ1) is 21.2. The minimum absolute atomic E-state index is 0.180. The van der Waals surface area contributed by atoms with Crippen molar-refractivity contribution in [2.75, 3.05) is 11.9 Å². The fourth-order valence-electron chi connectivity index (χ4n) is 3.24. The molecular formula is C23H25N3O4. The number of nitrogens with zero attached hydrogens (tertiary/aromatic N) is 2. The number of anilines is 1. The lowest BCUT2D eigenvalue weighted by Crippen LogP contribution is -2.55. The average molecular weight is 407 g/mol. The standard InChI is InChI=1S/C23H25N3O4/c1-23(2,3)20(28)19(21(29)24-17-12-8-5-9-13-17)26-18(27)15-25(22(26)30)14-16-10-6-4-7-11-16/h4-13,19H,14-15H2,1-3H3,(H,24,29). The van der Waals surface area contributed by atoms with Gasteiger partial charge >= 0.3 is 6.03 Å². The van der Waals surface area contributed by atoms with E-state index in [1.807, 2.05) is 30.3 Å². The zero-order chi connectivity index (χ0) is 21.9. The second kappa shape index (κ2) is 8.49. The highest BCUT2D eigenvalue weighted by molar-refractivity contribution is 6.18. The largest absolute Gasteiger partial charge is 0.328 e. The van der Waals surface area contributed by atoms with E-state index >= 15 is 0 Å². The SMILES string of the molecule is CC(C)(C)C(=O)C(C(=O)Nc1ccccc1)N1C(=O)CN(Cc2ccccc2)C1=O. The van der Waals surface area contributed by atoms with Gasteiger partial charge in [-0.05, 0) is 17.7 Å². The Kier molecular flexibility index (Phi) is 6.01. The highest BCUT2D eigenvalue weighted by Gasteiger charge is 2.48. The molecule has 7 nitrogen and oxygen atoms in total. The molecule has 0 aromatic heterocycles. The number of imide groups is 1. The van der Waals surface area contributed by atoms with Gasteiger partial charge in [-0.3, -0.25) is 14.4 Å². The lowest BCUT2D eigenvalue weighted by molar-refractivity contribution is -0.143. The van der Waals surface area contributed by atoms with Crippen LogP contribution in [0.4, 0.5) is 10.5 Å². The van der Waals surface area contributed by atoms with Crippen molar-refractivity contribution in [1.82, 2.24) is 9.80 Å². The van der Waals surface area contributed by atoms with Crippen molar-refractivity contribution in [3.8, 4) is 0 Å². The summed E-state index contributed by atoms with van der Waals surface area (Å²) in [5, 5.41) is 2.65. The molecular weight excluding hydrogens is 382 g/mol. The van der Waals surface area contributed by atoms with Crippen molar-refractivity contribution in [3.63, 3.8) is 0 Å². The predicted molar refractivity (Wildman–Crippen MR) is 112 cm³/mol. The summed E-state index contributed by atoms with van der Waals surface area (Å²) in [5.41, 5.74) is 0.411. The molecule has 0 radical (unpaired) electrons. The molecule has 0 spiro atoms. The molecule has 1 aliphatic heterocycles. The molecule has 1 fully saturated rings. The van der Waals surface area contributed by atoms with Crippen LogP contribution in [0.15, 0.2) is 60.7 Å². The number of para-hydroxylation sites is 1. The number of ketones is 1. The van der Waals surface area contributed by atoms with Crippen LogP contribution in [-0.2, 0) is 20.9 Å². The molecule has 0 bridgehead atoms. The number of Topliss-reactive ketones (excluding diaryl/α,β-unsaturated/α-hetero) is 1. The fraction of sp³-hybridized carbons (Fsp3) is 0.304. The molecule has 0 saturated carbocycles. The highest BCUT2D eigenvalue weighted by atomic mass is 16.2. The normalized spacial score (nSPS) is 15.3. The summed E-state index contributed by atoms with van der Waals surface area (Å²) in [5.74, 6) is -1.77. The van der Waals surface area contributed by atoms with Crippen molar-refractivity contribution in [2.24, 2.45) is 5.41 Å². The summed E-state index contributed by atoms with van der Waals surface area (Å²) < 4.78 is 0. The van der Waals surface area contributed by atoms with Gasteiger partial charge in [0.05, 0.1) is 0 Å². The molecule has 1 heterocycles. The minimum atomic E-state index is -1.54. The number of carbonyl (C=O) groups is 4. The topological polar surface area (TPSA) is 86.8 Å². The Bertz CT molecular complexity index is 951. The van der Waals surface area contributed by atoms with Gasteiger partial charge in [0, 0.05) is 17.6 Å². The molecule has 2 aromatic rings. The third-order valence-corrected chi connectivity index (χ3v) is 4.82. The molecule has 7 heteroatoms. The summed E-state index contributed by atoms with van der Waals surface area (Å²) >= 11 is 0. The van der Waals surface area contributed by atoms with Gasteiger partial charge in [-0.2, -0.15) is 0 Å². The van der Waals surface area contributed by atoms with Crippen molar-refractivity contribution in [2.45, 2.75) is 33.4 Å². The zero-order valence-corrected chi connectivity index (χ0v) is 17.3. The van der Waals surface area contributed by atoms with E-state index in [0.717, 1.165) is 10.5 Å². The molecule has 0 aliphatic carbocycles. The van der Waals surface area contributed by atoms with E-state index in [2.05, 4.69) is 5.32 Å². The lowest BCUT2D eigenvalue weighted by atomic mass is 9.85. The van der Waals surface area contributed by atoms with Gasteiger partial charge < -0.3 is 10.2 Å². The molecule has 156 valence electrons. The average Bonchev–Trinajstić information content (AvgIpc) is 2.97. The fourth-order valence-corrected chi connectivity index (χ4v) is 3.24. The monoisotopic (exact) mass is 407 g/mol. The van der Waals surface area contributed by atoms with Crippen LogP contribution in [0.3, 0.4) is 0 Å². The molecule has 2 aromatic carbocycles. The Hall–Kier alpha value is -3.48. The number of hydrogen-bond donors (Lipinski definition) is 1. The molecule has 30 heavy (non-hydrogen) atoms. The Labute approximate surface area is 175 Å². The van der Waals surface area contributed by atoms with Gasteiger partial charge in [0.1, 0.15) is 6.54 Å². The first-order valence-electron chi connectivity index (χ1n) is 9.73. The zero-order valence-electron chi connectivity index (χ0n) is 17.3. The van der Waals surface area contributed by atoms with Crippen LogP contribution in [0.5, 0.6) is 0 Å². The molecule has 1 saturated heterocycles. The van der Waals surface area contributed by atoms with Crippen LogP contribution in [-0.4, -0.2) is 46.0 Å². The van der Waals surface area contributed by atoms with Crippen LogP contribution in [0, 0.1) is 5.41 Å². The van der Waals surface area contributed by atoms with Crippen molar-refractivity contribution in [1.29, 1.82) is 0 Å². The molecule has 1 atom stereocenters. The van der Waals surface area contributed by atoms with Crippen LogP contribution in [0.1, 0.15) is 26.3 Å². The van der Waals surface area contributed by atoms with E-state index in [1.54, 1.807) is 51.1 Å². The summed E-state index contributed by atoms with van der Waals surface area (Å²) in [6, 6.07) is 15.7. The maximum absolute atomic E-state index is 13.1. The summed E-state index contributed by atoms with van der Waals surface area (Å²) in [6.45, 7) is 5.01. The third-order valence-electron chi connectivity index (χ3n) is 4.82. The second-order valence-electron chi connectivity index (χ2n) is 8.26. The van der Waals surface area contributed by atoms with E-state index < -0.39 is 35.1 Å². The Balaban J connectivity index is 1.88. The first-order valence-corrected chi connectivity index (χ1v) is 9.73. The smallest absolute Gasteiger partial charge is 0.324 e. The van der Waals surface area contributed by atoms with Gasteiger partial charge in [-0.25, -0.2) is 9.69 Å². The second-order valence-corrected chi connectivity index (χ2v) is 8.26. The van der Waals surface area contributed by atoms with Crippen LogP contribution < -0.4 is 5.32 Å². The minimum Gasteiger partial charge on any atom is -0.324 e. The van der Waals surface area contributed by atoms with Crippen molar-refractivity contribution in [3.05, 3.63) is 66.2 Å². The number of hydrogen-bond acceptors (Lipinski definition) is 4. The van der Waals surface area contributed by atoms with Gasteiger partial charge in [-0.1, -0.05) is 69.3 Å². The van der Waals surface area contributed by atoms with Crippen molar-refractivity contribution >= 4 is 29.3 Å². The molecule has 1 N–H and O–H groups in total. The van der Waals surface area contributed by atoms with Crippen LogP contribution in [0.2, 0.25) is 0 Å². The van der Waals surface area contributed by atoms with E-state index in [1.165, 1.54) is 4.90 Å². The molecule has 4 amide bonds. The number of urea groups is 1. The van der Waals surface area contributed by atoms with Crippen LogP contribution >= 0.6 is 0 Å². The maximum Gasteiger partial charge on any atom is 0.328 e. The quantitative estimate of drug-likeness (QED) is 0.589. The Morgan fingerprint density at radius 3 is 2.10 bits per heavy atom. The number of amides is 4.